The summed E-state index contributed by atoms with van der Waals surface area (Å²) in [5.74, 6) is 1.90. The molecule has 0 atom stereocenters. The molecule has 0 spiro atoms. The fourth-order valence-corrected chi connectivity index (χ4v) is 6.84. The van der Waals surface area contributed by atoms with Crippen LogP contribution >= 0.6 is 15.9 Å². The molecule has 1 saturated heterocycles. The van der Waals surface area contributed by atoms with Crippen LogP contribution in [0.25, 0.3) is 0 Å². The molecule has 1 aliphatic rings. The van der Waals surface area contributed by atoms with Crippen LogP contribution in [-0.4, -0.2) is 8.80 Å². The number of benzene rings is 1. The van der Waals surface area contributed by atoms with Gasteiger partial charge in [-0.15, -0.1) is 0 Å². The first-order valence-corrected chi connectivity index (χ1v) is 9.91. The van der Waals surface area contributed by atoms with Crippen LogP contribution in [0.2, 0.25) is 12.1 Å². The van der Waals surface area contributed by atoms with Crippen molar-refractivity contribution < 1.29 is 0 Å². The molecule has 1 fully saturated rings. The fourth-order valence-electron chi connectivity index (χ4n) is 3.13. The van der Waals surface area contributed by atoms with Gasteiger partial charge in [-0.2, -0.15) is 0 Å². The zero-order valence-corrected chi connectivity index (χ0v) is 13.7. The van der Waals surface area contributed by atoms with Crippen LogP contribution < -0.4 is 5.19 Å². The van der Waals surface area contributed by atoms with E-state index in [9.17, 15) is 0 Å². The zero-order valence-electron chi connectivity index (χ0n) is 11.0. The predicted molar refractivity (Wildman–Crippen MR) is 82.7 cm³/mol. The Kier molecular flexibility index (Phi) is 4.86. The summed E-state index contributed by atoms with van der Waals surface area (Å²) in [6.45, 7) is 4.72. The Labute approximate surface area is 116 Å². The minimum Gasteiger partial charge on any atom is -0.0630 e. The molecule has 1 heterocycles. The first kappa shape index (κ1) is 13.4. The lowest BCUT2D eigenvalue weighted by molar-refractivity contribution is 0.377. The van der Waals surface area contributed by atoms with Crippen LogP contribution in [-0.2, 0) is 0 Å². The fraction of sp³-hybridized carbons (Fsp3) is 0.600. The van der Waals surface area contributed by atoms with E-state index in [0.29, 0.717) is 0 Å². The van der Waals surface area contributed by atoms with E-state index in [0.717, 1.165) is 11.8 Å². The average molecular weight is 311 g/mol. The molecule has 0 aliphatic carbocycles. The number of halogens is 1. The van der Waals surface area contributed by atoms with Gasteiger partial charge in [0.15, 0.2) is 0 Å². The molecule has 0 bridgehead atoms. The molecule has 0 amide bonds. The lowest BCUT2D eigenvalue weighted by Gasteiger charge is -2.28. The SMILES string of the molecule is CC(C)C[C@H]1CC[Si@H](c2ccc(Br)cc2)CC1. The minimum atomic E-state index is -0.610. The Morgan fingerprint density at radius 3 is 2.29 bits per heavy atom. The van der Waals surface area contributed by atoms with Gasteiger partial charge in [0.05, 0.1) is 8.80 Å². The van der Waals surface area contributed by atoms with Gasteiger partial charge in [0.25, 0.3) is 0 Å². The molecule has 1 aliphatic heterocycles. The summed E-state index contributed by atoms with van der Waals surface area (Å²) in [4.78, 5) is 0. The van der Waals surface area contributed by atoms with Crippen molar-refractivity contribution in [3.63, 3.8) is 0 Å². The largest absolute Gasteiger partial charge is 0.0708 e. The standard InChI is InChI=1S/C15H23BrSi/c1-12(2)11-13-7-9-17(10-8-13)15-5-3-14(16)4-6-15/h3-6,12-13,17H,7-11H2,1-2H3/t13-,17-. The van der Waals surface area contributed by atoms with Crippen molar-refractivity contribution in [3.05, 3.63) is 28.7 Å². The van der Waals surface area contributed by atoms with Gasteiger partial charge in [-0.1, -0.05) is 72.0 Å². The van der Waals surface area contributed by atoms with Crippen LogP contribution in [0.15, 0.2) is 28.7 Å². The molecule has 0 N–H and O–H groups in total. The molecule has 2 heteroatoms. The maximum atomic E-state index is 3.52. The first-order chi connectivity index (χ1) is 8.15. The summed E-state index contributed by atoms with van der Waals surface area (Å²) in [5.41, 5.74) is 0. The van der Waals surface area contributed by atoms with Crippen molar-refractivity contribution in [2.24, 2.45) is 11.8 Å². The van der Waals surface area contributed by atoms with E-state index in [1.165, 1.54) is 35.8 Å². The molecule has 17 heavy (non-hydrogen) atoms. The van der Waals surface area contributed by atoms with Gasteiger partial charge < -0.3 is 0 Å². The quantitative estimate of drug-likeness (QED) is 0.729. The Bertz CT molecular complexity index is 336. The van der Waals surface area contributed by atoms with Crippen molar-refractivity contribution in [1.29, 1.82) is 0 Å². The van der Waals surface area contributed by atoms with Crippen molar-refractivity contribution in [1.82, 2.24) is 0 Å². The third kappa shape index (κ3) is 3.96. The van der Waals surface area contributed by atoms with Crippen molar-refractivity contribution in [3.8, 4) is 0 Å². The van der Waals surface area contributed by atoms with E-state index in [-0.39, 0.29) is 0 Å². The lowest BCUT2D eigenvalue weighted by atomic mass is 9.92. The Balaban J connectivity index is 1.88. The summed E-state index contributed by atoms with van der Waals surface area (Å²) in [7, 11) is -0.610. The van der Waals surface area contributed by atoms with Gasteiger partial charge >= 0.3 is 0 Å². The van der Waals surface area contributed by atoms with Crippen LogP contribution in [0.5, 0.6) is 0 Å². The predicted octanol–water partition coefficient (Wildman–Crippen LogP) is 4.34. The summed E-state index contributed by atoms with van der Waals surface area (Å²) in [5, 5.41) is 1.68. The first-order valence-electron chi connectivity index (χ1n) is 6.90. The van der Waals surface area contributed by atoms with Gasteiger partial charge in [0.2, 0.25) is 0 Å². The maximum Gasteiger partial charge on any atom is 0.0708 e. The average Bonchev–Trinajstić information content (AvgIpc) is 2.30. The van der Waals surface area contributed by atoms with Crippen LogP contribution in [0.3, 0.4) is 0 Å². The second-order valence-electron chi connectivity index (χ2n) is 5.90. The highest BCUT2D eigenvalue weighted by Gasteiger charge is 2.23. The Hall–Kier alpha value is -0.0831. The van der Waals surface area contributed by atoms with Gasteiger partial charge in [-0.05, 0) is 30.4 Å². The van der Waals surface area contributed by atoms with E-state index in [4.69, 9.17) is 0 Å². The highest BCUT2D eigenvalue weighted by Crippen LogP contribution is 2.30. The van der Waals surface area contributed by atoms with Gasteiger partial charge in [0.1, 0.15) is 0 Å². The van der Waals surface area contributed by atoms with Crippen molar-refractivity contribution in [2.45, 2.75) is 45.2 Å². The summed E-state index contributed by atoms with van der Waals surface area (Å²) in [6, 6.07) is 12.2. The van der Waals surface area contributed by atoms with E-state index >= 15 is 0 Å². The van der Waals surface area contributed by atoms with E-state index in [2.05, 4.69) is 54.0 Å². The summed E-state index contributed by atoms with van der Waals surface area (Å²) < 4.78 is 1.21. The van der Waals surface area contributed by atoms with Crippen LogP contribution in [0.4, 0.5) is 0 Å². The number of hydrogen-bond donors (Lipinski definition) is 0. The van der Waals surface area contributed by atoms with Gasteiger partial charge in [-0.25, -0.2) is 0 Å². The maximum absolute atomic E-state index is 3.52. The topological polar surface area (TPSA) is 0 Å². The Morgan fingerprint density at radius 2 is 1.76 bits per heavy atom. The lowest BCUT2D eigenvalue weighted by Crippen LogP contribution is -2.34. The summed E-state index contributed by atoms with van der Waals surface area (Å²) in [6.07, 6.45) is 4.43. The Morgan fingerprint density at radius 1 is 1.18 bits per heavy atom. The van der Waals surface area contributed by atoms with E-state index in [1.54, 1.807) is 5.19 Å². The molecule has 0 saturated carbocycles. The van der Waals surface area contributed by atoms with Gasteiger partial charge in [0, 0.05) is 4.47 Å². The molecule has 0 unspecified atom stereocenters. The molecule has 94 valence electrons. The third-order valence-electron chi connectivity index (χ3n) is 3.99. The second kappa shape index (κ2) is 6.19. The van der Waals surface area contributed by atoms with Gasteiger partial charge in [-0.3, -0.25) is 0 Å². The number of rotatable bonds is 3. The molecule has 0 nitrogen and oxygen atoms in total. The minimum absolute atomic E-state index is 0.610. The monoisotopic (exact) mass is 310 g/mol. The molecule has 1 aromatic carbocycles. The van der Waals surface area contributed by atoms with Crippen LogP contribution in [0.1, 0.15) is 33.1 Å². The summed E-state index contributed by atoms with van der Waals surface area (Å²) >= 11 is 3.52. The number of hydrogen-bond acceptors (Lipinski definition) is 0. The second-order valence-corrected chi connectivity index (χ2v) is 10.0. The zero-order chi connectivity index (χ0) is 12.3. The van der Waals surface area contributed by atoms with E-state index in [1.807, 2.05) is 0 Å². The molecule has 0 radical (unpaired) electrons. The van der Waals surface area contributed by atoms with Crippen molar-refractivity contribution in [2.75, 3.05) is 0 Å². The smallest absolute Gasteiger partial charge is 0.0630 e. The molecule has 1 aromatic rings. The molecular weight excluding hydrogens is 288 g/mol. The molecular formula is C15H23BrSi. The van der Waals surface area contributed by atoms with Crippen LogP contribution in [0, 0.1) is 11.8 Å². The molecule has 0 aromatic heterocycles. The van der Waals surface area contributed by atoms with Crippen molar-refractivity contribution >= 4 is 29.9 Å². The molecule has 2 rings (SSSR count). The van der Waals surface area contributed by atoms with E-state index < -0.39 is 8.80 Å². The highest BCUT2D eigenvalue weighted by molar-refractivity contribution is 9.10. The highest BCUT2D eigenvalue weighted by atomic mass is 79.9. The third-order valence-corrected chi connectivity index (χ3v) is 7.91. The normalized spacial score (nSPS) is 25.2.